The molecular formula is C14H17N3O3. The molecule has 2 rings (SSSR count). The number of rotatable bonds is 3. The van der Waals surface area contributed by atoms with Crippen LogP contribution in [-0.2, 0) is 14.3 Å². The molecule has 1 heterocycles. The lowest BCUT2D eigenvalue weighted by Crippen LogP contribution is -2.41. The second kappa shape index (κ2) is 5.67. The van der Waals surface area contributed by atoms with E-state index >= 15 is 0 Å². The third kappa shape index (κ3) is 2.60. The maximum absolute atomic E-state index is 11.6. The quantitative estimate of drug-likeness (QED) is 0.489. The lowest BCUT2D eigenvalue weighted by atomic mass is 10.0. The van der Waals surface area contributed by atoms with Crippen LogP contribution in [0.2, 0.25) is 0 Å². The summed E-state index contributed by atoms with van der Waals surface area (Å²) in [4.78, 5) is 24.6. The maximum atomic E-state index is 11.6. The van der Waals surface area contributed by atoms with Gasteiger partial charge in [-0.1, -0.05) is 0 Å². The maximum Gasteiger partial charge on any atom is 0.308 e. The Kier molecular flexibility index (Phi) is 3.96. The Morgan fingerprint density at radius 3 is 2.95 bits per heavy atom. The molecule has 0 fully saturated rings. The number of carbonyl (C=O) groups excluding carboxylic acids is 2. The fraction of sp³-hybridized carbons (Fsp3) is 0.357. The van der Waals surface area contributed by atoms with Gasteiger partial charge in [-0.2, -0.15) is 0 Å². The van der Waals surface area contributed by atoms with Crippen LogP contribution in [0, 0.1) is 0 Å². The number of nitrogens with zero attached hydrogens (tertiary/aromatic N) is 1. The molecule has 1 aliphatic rings. The second-order valence-electron chi connectivity index (χ2n) is 4.55. The predicted octanol–water partition coefficient (Wildman–Crippen LogP) is 1.17. The van der Waals surface area contributed by atoms with Crippen LogP contribution in [0.15, 0.2) is 23.9 Å². The first-order valence-electron chi connectivity index (χ1n) is 6.36. The normalized spacial score (nSPS) is 17.0. The molecule has 20 heavy (non-hydrogen) atoms. The van der Waals surface area contributed by atoms with E-state index in [1.54, 1.807) is 19.1 Å². The minimum Gasteiger partial charge on any atom is -0.466 e. The minimum absolute atomic E-state index is 0.0890. The van der Waals surface area contributed by atoms with E-state index in [9.17, 15) is 9.59 Å². The molecule has 0 radical (unpaired) electrons. The summed E-state index contributed by atoms with van der Waals surface area (Å²) >= 11 is 0. The van der Waals surface area contributed by atoms with Gasteiger partial charge in [-0.3, -0.25) is 4.79 Å². The van der Waals surface area contributed by atoms with Crippen molar-refractivity contribution in [3.05, 3.63) is 23.9 Å². The number of likely N-dealkylation sites (N-methyl/N-ethyl adjacent to an activating group) is 1. The molecule has 0 amide bonds. The van der Waals surface area contributed by atoms with Crippen molar-refractivity contribution in [3.8, 4) is 0 Å². The third-order valence-electron chi connectivity index (χ3n) is 3.25. The highest BCUT2D eigenvalue weighted by Gasteiger charge is 2.30. The highest BCUT2D eigenvalue weighted by Crippen LogP contribution is 2.36. The Labute approximate surface area is 117 Å². The van der Waals surface area contributed by atoms with Crippen molar-refractivity contribution in [3.63, 3.8) is 0 Å². The summed E-state index contributed by atoms with van der Waals surface area (Å²) in [5.74, 6) is 1.51. The lowest BCUT2D eigenvalue weighted by molar-refractivity contribution is -0.143. The van der Waals surface area contributed by atoms with E-state index in [1.807, 2.05) is 24.0 Å². The van der Waals surface area contributed by atoms with Gasteiger partial charge in [0.25, 0.3) is 0 Å². The van der Waals surface area contributed by atoms with Gasteiger partial charge in [-0.05, 0) is 25.1 Å². The number of carbonyl (C=O) groups is 1. The predicted molar refractivity (Wildman–Crippen MR) is 77.1 cm³/mol. The number of hydrogen-bond donors (Lipinski definition) is 2. The molecule has 1 aromatic rings. The molecule has 6 heteroatoms. The van der Waals surface area contributed by atoms with Crippen molar-refractivity contribution < 1.29 is 14.3 Å². The van der Waals surface area contributed by atoms with Gasteiger partial charge in [0.05, 0.1) is 30.4 Å². The average molecular weight is 275 g/mol. The van der Waals surface area contributed by atoms with Crippen molar-refractivity contribution in [1.29, 1.82) is 0 Å². The fourth-order valence-corrected chi connectivity index (χ4v) is 2.26. The van der Waals surface area contributed by atoms with Crippen molar-refractivity contribution in [2.75, 3.05) is 29.6 Å². The van der Waals surface area contributed by atoms with Gasteiger partial charge in [-0.25, -0.2) is 4.79 Å². The molecule has 1 aliphatic heterocycles. The highest BCUT2D eigenvalue weighted by molar-refractivity contribution is 5.84. The fourth-order valence-electron chi connectivity index (χ4n) is 2.26. The Morgan fingerprint density at radius 2 is 2.30 bits per heavy atom. The largest absolute Gasteiger partial charge is 0.466 e. The lowest BCUT2D eigenvalue weighted by Gasteiger charge is -2.36. The first-order valence-corrected chi connectivity index (χ1v) is 6.36. The smallest absolute Gasteiger partial charge is 0.308 e. The SMILES string of the molecule is CCOC(=O)CC1C(=C=O)Nc2cc(N)ccc2N1C. The molecule has 106 valence electrons. The summed E-state index contributed by atoms with van der Waals surface area (Å²) in [5, 5.41) is 2.98. The zero-order chi connectivity index (χ0) is 14.7. The van der Waals surface area contributed by atoms with E-state index in [0.717, 1.165) is 11.4 Å². The molecule has 1 aromatic carbocycles. The van der Waals surface area contributed by atoms with Gasteiger partial charge in [0, 0.05) is 12.7 Å². The number of nitrogen functional groups attached to an aromatic ring is 1. The Balaban J connectivity index is 2.32. The number of benzene rings is 1. The number of nitrogens with one attached hydrogen (secondary N) is 1. The molecular weight excluding hydrogens is 258 g/mol. The minimum atomic E-state index is -0.414. The van der Waals surface area contributed by atoms with E-state index in [2.05, 4.69) is 5.32 Å². The summed E-state index contributed by atoms with van der Waals surface area (Å²) in [5.41, 5.74) is 8.22. The monoisotopic (exact) mass is 275 g/mol. The number of fused-ring (bicyclic) bond motifs is 1. The Bertz CT molecular complexity index is 579. The second-order valence-corrected chi connectivity index (χ2v) is 4.55. The molecule has 1 unspecified atom stereocenters. The zero-order valence-corrected chi connectivity index (χ0v) is 11.5. The summed E-state index contributed by atoms with van der Waals surface area (Å²) in [7, 11) is 1.82. The Hall–Kier alpha value is -2.46. The number of esters is 1. The van der Waals surface area contributed by atoms with Crippen LogP contribution in [0.3, 0.4) is 0 Å². The molecule has 3 N–H and O–H groups in total. The van der Waals surface area contributed by atoms with E-state index in [0.29, 0.717) is 18.0 Å². The number of nitrogens with two attached hydrogens (primary N) is 1. The summed E-state index contributed by atoms with van der Waals surface area (Å²) in [6.45, 7) is 2.06. The van der Waals surface area contributed by atoms with Crippen molar-refractivity contribution >= 4 is 29.0 Å². The molecule has 0 aromatic heterocycles. The van der Waals surface area contributed by atoms with Crippen LogP contribution in [0.25, 0.3) is 0 Å². The van der Waals surface area contributed by atoms with E-state index in [-0.39, 0.29) is 12.4 Å². The van der Waals surface area contributed by atoms with Crippen molar-refractivity contribution in [1.82, 2.24) is 0 Å². The molecule has 6 nitrogen and oxygen atoms in total. The zero-order valence-electron chi connectivity index (χ0n) is 11.5. The van der Waals surface area contributed by atoms with Gasteiger partial charge in [0.1, 0.15) is 11.6 Å². The van der Waals surface area contributed by atoms with Gasteiger partial charge in [0.2, 0.25) is 0 Å². The van der Waals surface area contributed by atoms with Crippen LogP contribution < -0.4 is 16.0 Å². The number of hydrogen-bond acceptors (Lipinski definition) is 6. The molecule has 1 atom stereocenters. The number of anilines is 3. The topological polar surface area (TPSA) is 84.7 Å². The summed E-state index contributed by atoms with van der Waals surface area (Å²) in [6.07, 6.45) is 0.0890. The van der Waals surface area contributed by atoms with Crippen molar-refractivity contribution in [2.24, 2.45) is 0 Å². The first kappa shape index (κ1) is 14.0. The van der Waals surface area contributed by atoms with Gasteiger partial charge in [-0.15, -0.1) is 0 Å². The van der Waals surface area contributed by atoms with Crippen molar-refractivity contribution in [2.45, 2.75) is 19.4 Å². The van der Waals surface area contributed by atoms with E-state index in [1.165, 1.54) is 0 Å². The van der Waals surface area contributed by atoms with Gasteiger partial charge in [0.15, 0.2) is 0 Å². The molecule has 0 aliphatic carbocycles. The molecule has 0 saturated heterocycles. The molecule has 0 saturated carbocycles. The van der Waals surface area contributed by atoms with Crippen LogP contribution in [-0.4, -0.2) is 31.6 Å². The molecule has 0 spiro atoms. The van der Waals surface area contributed by atoms with Crippen LogP contribution in [0.5, 0.6) is 0 Å². The van der Waals surface area contributed by atoms with E-state index in [4.69, 9.17) is 10.5 Å². The van der Waals surface area contributed by atoms with Crippen LogP contribution in [0.4, 0.5) is 17.1 Å². The van der Waals surface area contributed by atoms with Crippen LogP contribution >= 0.6 is 0 Å². The Morgan fingerprint density at radius 1 is 1.55 bits per heavy atom. The van der Waals surface area contributed by atoms with E-state index < -0.39 is 6.04 Å². The number of ether oxygens (including phenoxy) is 1. The highest BCUT2D eigenvalue weighted by atomic mass is 16.5. The van der Waals surface area contributed by atoms with Gasteiger partial charge >= 0.3 is 5.97 Å². The molecule has 0 bridgehead atoms. The summed E-state index contributed by atoms with van der Waals surface area (Å²) in [6, 6.07) is 4.94. The average Bonchev–Trinajstić information content (AvgIpc) is 2.41. The van der Waals surface area contributed by atoms with Gasteiger partial charge < -0.3 is 20.7 Å². The van der Waals surface area contributed by atoms with Crippen LogP contribution in [0.1, 0.15) is 13.3 Å². The third-order valence-corrected chi connectivity index (χ3v) is 3.25. The first-order chi connectivity index (χ1) is 9.56. The standard InChI is InChI=1S/C14H17N3O3/c1-3-20-14(19)7-13-11(8-18)16-10-6-9(15)4-5-12(10)17(13)2/h4-6,13,16H,3,7,15H2,1-2H3. The summed E-state index contributed by atoms with van der Waals surface area (Å²) < 4.78 is 4.94.